The second-order valence-corrected chi connectivity index (χ2v) is 4.22. The third-order valence-electron chi connectivity index (χ3n) is 2.21. The van der Waals surface area contributed by atoms with Gasteiger partial charge >= 0.3 is 5.97 Å². The zero-order valence-corrected chi connectivity index (χ0v) is 9.96. The molecule has 0 saturated carbocycles. The van der Waals surface area contributed by atoms with Gasteiger partial charge in [0.25, 0.3) is 5.91 Å². The maximum Gasteiger partial charge on any atom is 0.336 e. The van der Waals surface area contributed by atoms with Gasteiger partial charge in [-0.2, -0.15) is 0 Å². The fourth-order valence-corrected chi connectivity index (χ4v) is 1.30. The van der Waals surface area contributed by atoms with Crippen LogP contribution >= 0.6 is 0 Å². The largest absolute Gasteiger partial charge is 0.478 e. The molecule has 4 nitrogen and oxygen atoms in total. The predicted octanol–water partition coefficient (Wildman–Crippen LogP) is 2.05. The number of nitrogens with one attached hydrogen (secondary N) is 1. The standard InChI is InChI=1S/C12H13F2NO3/c1-6(2)5-15-11(16)7-3-9(13)10(14)4-8(7)12(17)18/h3-4,6H,5H2,1-2H3,(H,15,16)(H,17,18). The number of carboxylic acid groups (broad SMARTS) is 1. The fourth-order valence-electron chi connectivity index (χ4n) is 1.30. The van der Waals surface area contributed by atoms with Crippen LogP contribution in [0.2, 0.25) is 0 Å². The van der Waals surface area contributed by atoms with E-state index in [0.717, 1.165) is 0 Å². The molecule has 1 amide bonds. The average molecular weight is 257 g/mol. The number of hydrogen-bond donors (Lipinski definition) is 2. The van der Waals surface area contributed by atoms with Crippen LogP contribution in [0, 0.1) is 17.6 Å². The van der Waals surface area contributed by atoms with Gasteiger partial charge in [0.05, 0.1) is 11.1 Å². The van der Waals surface area contributed by atoms with Crippen LogP contribution < -0.4 is 5.32 Å². The molecular formula is C12H13F2NO3. The summed E-state index contributed by atoms with van der Waals surface area (Å²) in [6.45, 7) is 4.02. The lowest BCUT2D eigenvalue weighted by Crippen LogP contribution is -2.29. The zero-order chi connectivity index (χ0) is 13.9. The van der Waals surface area contributed by atoms with E-state index >= 15 is 0 Å². The fraction of sp³-hybridized carbons (Fsp3) is 0.333. The Morgan fingerprint density at radius 3 is 2.17 bits per heavy atom. The maximum absolute atomic E-state index is 13.0. The first-order valence-electron chi connectivity index (χ1n) is 5.33. The van der Waals surface area contributed by atoms with Gasteiger partial charge in [0, 0.05) is 6.54 Å². The van der Waals surface area contributed by atoms with E-state index in [1.165, 1.54) is 0 Å². The molecule has 18 heavy (non-hydrogen) atoms. The summed E-state index contributed by atoms with van der Waals surface area (Å²) in [6, 6.07) is 1.09. The predicted molar refractivity (Wildman–Crippen MR) is 60.5 cm³/mol. The van der Waals surface area contributed by atoms with Gasteiger partial charge in [-0.15, -0.1) is 0 Å². The number of benzene rings is 1. The van der Waals surface area contributed by atoms with Gasteiger partial charge < -0.3 is 10.4 Å². The van der Waals surface area contributed by atoms with E-state index in [0.29, 0.717) is 18.7 Å². The van der Waals surface area contributed by atoms with Crippen molar-refractivity contribution in [2.24, 2.45) is 5.92 Å². The summed E-state index contributed by atoms with van der Waals surface area (Å²) in [4.78, 5) is 22.5. The van der Waals surface area contributed by atoms with Gasteiger partial charge in [-0.05, 0) is 18.1 Å². The molecule has 0 atom stereocenters. The molecule has 1 rings (SSSR count). The Morgan fingerprint density at radius 1 is 1.22 bits per heavy atom. The highest BCUT2D eigenvalue weighted by molar-refractivity contribution is 6.04. The zero-order valence-electron chi connectivity index (χ0n) is 9.96. The summed E-state index contributed by atoms with van der Waals surface area (Å²) in [7, 11) is 0. The van der Waals surface area contributed by atoms with Gasteiger partial charge in [0.2, 0.25) is 0 Å². The molecule has 2 N–H and O–H groups in total. The highest BCUT2D eigenvalue weighted by atomic mass is 19.2. The first-order valence-corrected chi connectivity index (χ1v) is 5.33. The SMILES string of the molecule is CC(C)CNC(=O)c1cc(F)c(F)cc1C(=O)O. The summed E-state index contributed by atoms with van der Waals surface area (Å²) in [5.74, 6) is -4.61. The van der Waals surface area contributed by atoms with Crippen LogP contribution in [-0.4, -0.2) is 23.5 Å². The molecule has 98 valence electrons. The molecule has 0 aliphatic carbocycles. The van der Waals surface area contributed by atoms with Gasteiger partial charge in [-0.3, -0.25) is 4.79 Å². The van der Waals surface area contributed by atoms with Crippen LogP contribution in [0.4, 0.5) is 8.78 Å². The van der Waals surface area contributed by atoms with Crippen LogP contribution in [-0.2, 0) is 0 Å². The average Bonchev–Trinajstić information content (AvgIpc) is 2.28. The molecule has 0 spiro atoms. The molecule has 0 aliphatic rings. The smallest absolute Gasteiger partial charge is 0.336 e. The summed E-state index contributed by atoms with van der Waals surface area (Å²) in [5.41, 5.74) is -0.947. The molecule has 0 radical (unpaired) electrons. The van der Waals surface area contributed by atoms with Crippen molar-refractivity contribution in [1.82, 2.24) is 5.32 Å². The Balaban J connectivity index is 3.10. The van der Waals surface area contributed by atoms with E-state index in [9.17, 15) is 18.4 Å². The lowest BCUT2D eigenvalue weighted by atomic mass is 10.1. The van der Waals surface area contributed by atoms with Crippen molar-refractivity contribution in [2.45, 2.75) is 13.8 Å². The molecule has 0 bridgehead atoms. The van der Waals surface area contributed by atoms with Crippen LogP contribution in [0.1, 0.15) is 34.6 Å². The van der Waals surface area contributed by atoms with Crippen molar-refractivity contribution in [1.29, 1.82) is 0 Å². The topological polar surface area (TPSA) is 66.4 Å². The first-order chi connectivity index (χ1) is 8.32. The Kier molecular flexibility index (Phi) is 4.36. The van der Waals surface area contributed by atoms with Crippen LogP contribution in [0.15, 0.2) is 12.1 Å². The molecule has 6 heteroatoms. The van der Waals surface area contributed by atoms with E-state index in [2.05, 4.69) is 5.32 Å². The number of aromatic carboxylic acids is 1. The highest BCUT2D eigenvalue weighted by Gasteiger charge is 2.20. The van der Waals surface area contributed by atoms with Crippen molar-refractivity contribution in [3.8, 4) is 0 Å². The Morgan fingerprint density at radius 2 is 1.72 bits per heavy atom. The molecule has 0 fully saturated rings. The third kappa shape index (κ3) is 3.26. The number of carbonyl (C=O) groups excluding carboxylic acids is 1. The summed E-state index contributed by atoms with van der Waals surface area (Å²) < 4.78 is 26.0. The number of hydrogen-bond acceptors (Lipinski definition) is 2. The Bertz CT molecular complexity index is 486. The first kappa shape index (κ1) is 14.1. The molecule has 0 unspecified atom stereocenters. The summed E-state index contributed by atoms with van der Waals surface area (Å²) in [6.07, 6.45) is 0. The van der Waals surface area contributed by atoms with Crippen LogP contribution in [0.3, 0.4) is 0 Å². The second-order valence-electron chi connectivity index (χ2n) is 4.22. The third-order valence-corrected chi connectivity index (χ3v) is 2.21. The van der Waals surface area contributed by atoms with Crippen molar-refractivity contribution >= 4 is 11.9 Å². The van der Waals surface area contributed by atoms with Crippen molar-refractivity contribution in [3.05, 3.63) is 34.9 Å². The molecule has 1 aromatic rings. The second kappa shape index (κ2) is 5.57. The van der Waals surface area contributed by atoms with E-state index < -0.39 is 29.1 Å². The van der Waals surface area contributed by atoms with Crippen molar-refractivity contribution in [2.75, 3.05) is 6.54 Å². The highest BCUT2D eigenvalue weighted by Crippen LogP contribution is 2.15. The Hall–Kier alpha value is -1.98. The number of halogens is 2. The van der Waals surface area contributed by atoms with Crippen molar-refractivity contribution < 1.29 is 23.5 Å². The van der Waals surface area contributed by atoms with E-state index in [-0.39, 0.29) is 11.5 Å². The van der Waals surface area contributed by atoms with E-state index in [1.54, 1.807) is 0 Å². The summed E-state index contributed by atoms with van der Waals surface area (Å²) in [5, 5.41) is 11.3. The number of rotatable bonds is 4. The van der Waals surface area contributed by atoms with Crippen molar-refractivity contribution in [3.63, 3.8) is 0 Å². The van der Waals surface area contributed by atoms with E-state index in [4.69, 9.17) is 5.11 Å². The van der Waals surface area contributed by atoms with E-state index in [1.807, 2.05) is 13.8 Å². The molecule has 0 aliphatic heterocycles. The number of carbonyl (C=O) groups is 2. The monoisotopic (exact) mass is 257 g/mol. The maximum atomic E-state index is 13.0. The molecule has 0 aromatic heterocycles. The quantitative estimate of drug-likeness (QED) is 0.867. The Labute approximate surface area is 103 Å². The van der Waals surface area contributed by atoms with Gasteiger partial charge in [-0.1, -0.05) is 13.8 Å². The van der Waals surface area contributed by atoms with Crippen LogP contribution in [0.5, 0.6) is 0 Å². The lowest BCUT2D eigenvalue weighted by Gasteiger charge is -2.10. The van der Waals surface area contributed by atoms with Crippen LogP contribution in [0.25, 0.3) is 0 Å². The van der Waals surface area contributed by atoms with Gasteiger partial charge in [0.1, 0.15) is 0 Å². The number of carboxylic acids is 1. The number of amides is 1. The van der Waals surface area contributed by atoms with Gasteiger partial charge in [-0.25, -0.2) is 13.6 Å². The lowest BCUT2D eigenvalue weighted by molar-refractivity contribution is 0.0690. The molecule has 0 heterocycles. The molecular weight excluding hydrogens is 244 g/mol. The van der Waals surface area contributed by atoms with Gasteiger partial charge in [0.15, 0.2) is 11.6 Å². The minimum absolute atomic E-state index is 0.160. The minimum Gasteiger partial charge on any atom is -0.478 e. The minimum atomic E-state index is -1.48. The normalized spacial score (nSPS) is 10.5. The molecule has 1 aromatic carbocycles. The molecule has 0 saturated heterocycles. The summed E-state index contributed by atoms with van der Waals surface area (Å²) >= 11 is 0.